The lowest BCUT2D eigenvalue weighted by atomic mass is 9.80. The number of hydrogen-bond acceptors (Lipinski definition) is 2. The lowest BCUT2D eigenvalue weighted by Crippen LogP contribution is -2.34. The van der Waals surface area contributed by atoms with E-state index in [1.165, 1.54) is 5.56 Å². The van der Waals surface area contributed by atoms with Gasteiger partial charge in [-0.2, -0.15) is 0 Å². The maximum absolute atomic E-state index is 6.36. The average Bonchev–Trinajstić information content (AvgIpc) is 2.67. The van der Waals surface area contributed by atoms with Gasteiger partial charge in [-0.25, -0.2) is 0 Å². The molecule has 1 saturated heterocycles. The molecule has 0 N–H and O–H groups in total. The second kappa shape index (κ2) is 5.87. The van der Waals surface area contributed by atoms with Crippen LogP contribution in [0.3, 0.4) is 0 Å². The van der Waals surface area contributed by atoms with E-state index in [2.05, 4.69) is 76.9 Å². The third-order valence-electron chi connectivity index (χ3n) is 5.00. The Balaban J connectivity index is 2.08. The van der Waals surface area contributed by atoms with Gasteiger partial charge < -0.3 is 4.74 Å². The molecule has 0 spiro atoms. The first-order chi connectivity index (χ1) is 9.30. The first kappa shape index (κ1) is 15.5. The predicted octanol–water partition coefficient (Wildman–Crippen LogP) is 4.48. The van der Waals surface area contributed by atoms with E-state index in [1.54, 1.807) is 0 Å². The van der Waals surface area contributed by atoms with Gasteiger partial charge in [0, 0.05) is 6.04 Å². The maximum atomic E-state index is 6.36. The SMILES string of the molecule is C[C@H]1[C@@H](c2ccccc2)O[C@@H](C[C@H](C)C(C)(C)C)N1C. The highest BCUT2D eigenvalue weighted by molar-refractivity contribution is 5.20. The molecule has 2 nitrogen and oxygen atoms in total. The quantitative estimate of drug-likeness (QED) is 0.806. The van der Waals surface area contributed by atoms with E-state index in [-0.39, 0.29) is 12.3 Å². The van der Waals surface area contributed by atoms with E-state index >= 15 is 0 Å². The number of benzene rings is 1. The minimum absolute atomic E-state index is 0.193. The lowest BCUT2D eigenvalue weighted by molar-refractivity contribution is -0.0179. The molecule has 1 aromatic rings. The molecule has 4 atom stereocenters. The Morgan fingerprint density at radius 1 is 1.20 bits per heavy atom. The third kappa shape index (κ3) is 3.24. The van der Waals surface area contributed by atoms with Gasteiger partial charge in [0.2, 0.25) is 0 Å². The van der Waals surface area contributed by atoms with Crippen LogP contribution in [0, 0.1) is 11.3 Å². The number of ether oxygens (including phenoxy) is 1. The largest absolute Gasteiger partial charge is 0.354 e. The maximum Gasteiger partial charge on any atom is 0.111 e. The zero-order valence-electron chi connectivity index (χ0n) is 13.8. The number of likely N-dealkylation sites (N-methyl/N-ethyl adjacent to an activating group) is 1. The summed E-state index contributed by atoms with van der Waals surface area (Å²) in [4.78, 5) is 2.39. The highest BCUT2D eigenvalue weighted by Crippen LogP contribution is 2.38. The highest BCUT2D eigenvalue weighted by Gasteiger charge is 2.39. The molecule has 0 saturated carbocycles. The summed E-state index contributed by atoms with van der Waals surface area (Å²) in [6, 6.07) is 11.0. The van der Waals surface area contributed by atoms with Crippen LogP contribution in [0.1, 0.15) is 52.7 Å². The van der Waals surface area contributed by atoms with E-state index in [0.29, 0.717) is 17.4 Å². The molecule has 1 heterocycles. The molecule has 20 heavy (non-hydrogen) atoms. The van der Waals surface area contributed by atoms with Crippen LogP contribution in [-0.4, -0.2) is 24.2 Å². The van der Waals surface area contributed by atoms with Crippen molar-refractivity contribution in [1.29, 1.82) is 0 Å². The van der Waals surface area contributed by atoms with Gasteiger partial charge in [0.15, 0.2) is 0 Å². The Bertz CT molecular complexity index is 423. The zero-order valence-corrected chi connectivity index (χ0v) is 13.8. The fourth-order valence-electron chi connectivity index (χ4n) is 2.73. The second-order valence-electron chi connectivity index (χ2n) is 7.33. The zero-order chi connectivity index (χ0) is 14.9. The molecular weight excluding hydrogens is 246 g/mol. The van der Waals surface area contributed by atoms with Crippen LogP contribution < -0.4 is 0 Å². The first-order valence-electron chi connectivity index (χ1n) is 7.73. The van der Waals surface area contributed by atoms with Crippen LogP contribution in [0.2, 0.25) is 0 Å². The van der Waals surface area contributed by atoms with Gasteiger partial charge in [-0.05, 0) is 37.3 Å². The van der Waals surface area contributed by atoms with E-state index in [0.717, 1.165) is 6.42 Å². The Morgan fingerprint density at radius 2 is 1.80 bits per heavy atom. The molecule has 2 rings (SSSR count). The summed E-state index contributed by atoms with van der Waals surface area (Å²) < 4.78 is 6.36. The van der Waals surface area contributed by atoms with Crippen LogP contribution in [0.4, 0.5) is 0 Å². The van der Waals surface area contributed by atoms with Crippen LogP contribution in [0.15, 0.2) is 30.3 Å². The van der Waals surface area contributed by atoms with E-state index < -0.39 is 0 Å². The fourth-order valence-corrected chi connectivity index (χ4v) is 2.73. The normalized spacial score (nSPS) is 29.6. The molecular formula is C18H29NO. The van der Waals surface area contributed by atoms with E-state index in [9.17, 15) is 0 Å². The minimum Gasteiger partial charge on any atom is -0.354 e. The standard InChI is InChI=1S/C18H29NO/c1-13(18(3,4)5)12-16-19(6)14(2)17(20-16)15-10-8-7-9-11-15/h7-11,13-14,16-17H,12H2,1-6H3/t13-,14-,16-,17-/m0/s1. The molecule has 0 aliphatic carbocycles. The van der Waals surface area contributed by atoms with Crippen molar-refractivity contribution in [2.45, 2.75) is 59.4 Å². The van der Waals surface area contributed by atoms with Crippen molar-refractivity contribution in [3.63, 3.8) is 0 Å². The van der Waals surface area contributed by atoms with Crippen LogP contribution in [-0.2, 0) is 4.74 Å². The lowest BCUT2D eigenvalue weighted by Gasteiger charge is -2.31. The summed E-state index contributed by atoms with van der Waals surface area (Å²) >= 11 is 0. The van der Waals surface area contributed by atoms with Gasteiger partial charge >= 0.3 is 0 Å². The topological polar surface area (TPSA) is 12.5 Å². The van der Waals surface area contributed by atoms with Gasteiger partial charge in [-0.15, -0.1) is 0 Å². The minimum atomic E-state index is 0.193. The monoisotopic (exact) mass is 275 g/mol. The molecule has 0 radical (unpaired) electrons. The van der Waals surface area contributed by atoms with Crippen molar-refractivity contribution in [2.24, 2.45) is 11.3 Å². The van der Waals surface area contributed by atoms with Gasteiger partial charge in [-0.3, -0.25) is 4.90 Å². The summed E-state index contributed by atoms with van der Waals surface area (Å²) in [7, 11) is 2.19. The molecule has 1 fully saturated rings. The number of hydrogen-bond donors (Lipinski definition) is 0. The number of nitrogens with zero attached hydrogens (tertiary/aromatic N) is 1. The molecule has 1 aromatic carbocycles. The average molecular weight is 275 g/mol. The van der Waals surface area contributed by atoms with Crippen molar-refractivity contribution in [2.75, 3.05) is 7.05 Å². The Kier molecular flexibility index (Phi) is 4.55. The summed E-state index contributed by atoms with van der Waals surface area (Å²) in [6.07, 6.45) is 1.51. The van der Waals surface area contributed by atoms with Crippen molar-refractivity contribution in [1.82, 2.24) is 4.90 Å². The molecule has 1 aliphatic rings. The highest BCUT2D eigenvalue weighted by atomic mass is 16.5. The van der Waals surface area contributed by atoms with Crippen LogP contribution in [0.5, 0.6) is 0 Å². The molecule has 2 heteroatoms. The summed E-state index contributed by atoms with van der Waals surface area (Å²) in [5.74, 6) is 0.636. The van der Waals surface area contributed by atoms with Crippen molar-refractivity contribution in [3.8, 4) is 0 Å². The van der Waals surface area contributed by atoms with Crippen molar-refractivity contribution >= 4 is 0 Å². The molecule has 0 amide bonds. The number of rotatable bonds is 3. The van der Waals surface area contributed by atoms with E-state index in [4.69, 9.17) is 4.74 Å². The molecule has 112 valence electrons. The van der Waals surface area contributed by atoms with Gasteiger partial charge in [0.1, 0.15) is 6.23 Å². The van der Waals surface area contributed by atoms with Crippen LogP contribution >= 0.6 is 0 Å². The van der Waals surface area contributed by atoms with Gasteiger partial charge in [0.05, 0.1) is 6.10 Å². The molecule has 1 aliphatic heterocycles. The summed E-state index contributed by atoms with van der Waals surface area (Å²) in [6.45, 7) is 11.5. The Hall–Kier alpha value is -0.860. The smallest absolute Gasteiger partial charge is 0.111 e. The third-order valence-corrected chi connectivity index (χ3v) is 5.00. The summed E-state index contributed by atoms with van der Waals surface area (Å²) in [5, 5.41) is 0. The van der Waals surface area contributed by atoms with Crippen molar-refractivity contribution in [3.05, 3.63) is 35.9 Å². The molecule has 0 aromatic heterocycles. The molecule has 0 unspecified atom stereocenters. The van der Waals surface area contributed by atoms with E-state index in [1.807, 2.05) is 0 Å². The summed E-state index contributed by atoms with van der Waals surface area (Å²) in [5.41, 5.74) is 1.62. The first-order valence-corrected chi connectivity index (χ1v) is 7.73. The fraction of sp³-hybridized carbons (Fsp3) is 0.667. The Morgan fingerprint density at radius 3 is 2.35 bits per heavy atom. The second-order valence-corrected chi connectivity index (χ2v) is 7.33. The molecule has 0 bridgehead atoms. The van der Waals surface area contributed by atoms with Gasteiger partial charge in [0.25, 0.3) is 0 Å². The van der Waals surface area contributed by atoms with Crippen molar-refractivity contribution < 1.29 is 4.74 Å². The predicted molar refractivity (Wildman–Crippen MR) is 84.5 cm³/mol. The van der Waals surface area contributed by atoms with Gasteiger partial charge in [-0.1, -0.05) is 58.0 Å². The van der Waals surface area contributed by atoms with Crippen LogP contribution in [0.25, 0.3) is 0 Å². The Labute approximate surface area is 124 Å².